The molecular weight excluding hydrogens is 244 g/mol. The number of pyridine rings is 1. The van der Waals surface area contributed by atoms with Gasteiger partial charge in [-0.05, 0) is 31.5 Å². The summed E-state index contributed by atoms with van der Waals surface area (Å²) < 4.78 is 1.54. The fourth-order valence-electron chi connectivity index (χ4n) is 2.52. The molecule has 1 saturated heterocycles. The molecule has 3 heterocycles. The quantitative estimate of drug-likeness (QED) is 0.864. The molecule has 2 aromatic heterocycles. The third-order valence-electron chi connectivity index (χ3n) is 3.48. The van der Waals surface area contributed by atoms with Crippen molar-refractivity contribution in [3.8, 4) is 0 Å². The SMILES string of the molecule is O=C(O)c1cccn2nc(CC3CCCCN3)nc12. The van der Waals surface area contributed by atoms with Crippen molar-refractivity contribution in [3.63, 3.8) is 0 Å². The van der Waals surface area contributed by atoms with Gasteiger partial charge in [-0.1, -0.05) is 6.42 Å². The van der Waals surface area contributed by atoms with Crippen LogP contribution in [0.1, 0.15) is 35.4 Å². The lowest BCUT2D eigenvalue weighted by molar-refractivity contribution is 0.0698. The van der Waals surface area contributed by atoms with Crippen LogP contribution in [0.3, 0.4) is 0 Å². The van der Waals surface area contributed by atoms with Gasteiger partial charge in [0.15, 0.2) is 11.5 Å². The molecule has 0 aromatic carbocycles. The summed E-state index contributed by atoms with van der Waals surface area (Å²) in [6.45, 7) is 1.04. The van der Waals surface area contributed by atoms with Gasteiger partial charge in [0.05, 0.1) is 0 Å². The van der Waals surface area contributed by atoms with Gasteiger partial charge in [-0.25, -0.2) is 14.3 Å². The number of carboxylic acids is 1. The maximum absolute atomic E-state index is 11.1. The molecule has 6 heteroatoms. The predicted molar refractivity (Wildman–Crippen MR) is 69.3 cm³/mol. The average molecular weight is 260 g/mol. The molecule has 3 rings (SSSR count). The Labute approximate surface area is 110 Å². The average Bonchev–Trinajstić information content (AvgIpc) is 2.81. The van der Waals surface area contributed by atoms with Crippen molar-refractivity contribution < 1.29 is 9.90 Å². The predicted octanol–water partition coefficient (Wildman–Crippen LogP) is 1.11. The molecule has 0 radical (unpaired) electrons. The molecule has 0 spiro atoms. The highest BCUT2D eigenvalue weighted by Crippen LogP contribution is 2.13. The van der Waals surface area contributed by atoms with Crippen molar-refractivity contribution in [3.05, 3.63) is 29.7 Å². The summed E-state index contributed by atoms with van der Waals surface area (Å²) in [5, 5.41) is 16.9. The van der Waals surface area contributed by atoms with Crippen LogP contribution in [0, 0.1) is 0 Å². The summed E-state index contributed by atoms with van der Waals surface area (Å²) in [6.07, 6.45) is 6.05. The Kier molecular flexibility index (Phi) is 3.16. The largest absolute Gasteiger partial charge is 0.478 e. The first kappa shape index (κ1) is 12.1. The fraction of sp³-hybridized carbons (Fsp3) is 0.462. The maximum Gasteiger partial charge on any atom is 0.339 e. The molecule has 1 atom stereocenters. The van der Waals surface area contributed by atoms with E-state index in [9.17, 15) is 4.79 Å². The molecule has 0 aliphatic carbocycles. The summed E-state index contributed by atoms with van der Waals surface area (Å²) in [5.74, 6) is -0.270. The van der Waals surface area contributed by atoms with Crippen LogP contribution in [0.15, 0.2) is 18.3 Å². The summed E-state index contributed by atoms with van der Waals surface area (Å²) in [7, 11) is 0. The molecule has 0 amide bonds. The maximum atomic E-state index is 11.1. The molecule has 100 valence electrons. The van der Waals surface area contributed by atoms with Crippen LogP contribution in [0.5, 0.6) is 0 Å². The van der Waals surface area contributed by atoms with Crippen molar-refractivity contribution in [2.45, 2.75) is 31.7 Å². The van der Waals surface area contributed by atoms with Crippen LogP contribution < -0.4 is 5.32 Å². The molecule has 2 N–H and O–H groups in total. The first-order valence-corrected chi connectivity index (χ1v) is 6.55. The van der Waals surface area contributed by atoms with Gasteiger partial charge in [0.25, 0.3) is 0 Å². The van der Waals surface area contributed by atoms with E-state index >= 15 is 0 Å². The van der Waals surface area contributed by atoms with Crippen molar-refractivity contribution in [2.24, 2.45) is 0 Å². The van der Waals surface area contributed by atoms with Gasteiger partial charge < -0.3 is 10.4 Å². The van der Waals surface area contributed by atoms with Crippen LogP contribution in [-0.4, -0.2) is 38.3 Å². The number of carbonyl (C=O) groups is 1. The number of nitrogens with one attached hydrogen (secondary N) is 1. The van der Waals surface area contributed by atoms with Crippen LogP contribution in [0.2, 0.25) is 0 Å². The normalized spacial score (nSPS) is 19.7. The highest BCUT2D eigenvalue weighted by atomic mass is 16.4. The zero-order chi connectivity index (χ0) is 13.2. The minimum absolute atomic E-state index is 0.192. The molecule has 6 nitrogen and oxygen atoms in total. The molecule has 1 unspecified atom stereocenters. The van der Waals surface area contributed by atoms with E-state index < -0.39 is 5.97 Å². The van der Waals surface area contributed by atoms with Gasteiger partial charge in [0.2, 0.25) is 0 Å². The van der Waals surface area contributed by atoms with E-state index in [-0.39, 0.29) is 5.56 Å². The summed E-state index contributed by atoms with van der Waals surface area (Å²) in [5.41, 5.74) is 0.610. The molecule has 2 aromatic rings. The number of hydrogen-bond acceptors (Lipinski definition) is 4. The standard InChI is InChI=1S/C13H16N4O2/c18-13(19)10-5-3-7-17-12(10)15-11(16-17)8-9-4-1-2-6-14-9/h3,5,7,9,14H,1-2,4,6,8H2,(H,18,19). The van der Waals surface area contributed by atoms with E-state index in [2.05, 4.69) is 15.4 Å². The van der Waals surface area contributed by atoms with Crippen molar-refractivity contribution >= 4 is 11.6 Å². The molecule has 19 heavy (non-hydrogen) atoms. The van der Waals surface area contributed by atoms with Gasteiger partial charge in [0, 0.05) is 18.7 Å². The van der Waals surface area contributed by atoms with Gasteiger partial charge in [-0.15, -0.1) is 0 Å². The van der Waals surface area contributed by atoms with Crippen LogP contribution in [0.4, 0.5) is 0 Å². The highest BCUT2D eigenvalue weighted by Gasteiger charge is 2.17. The zero-order valence-electron chi connectivity index (χ0n) is 10.5. The first-order chi connectivity index (χ1) is 9.24. The lowest BCUT2D eigenvalue weighted by atomic mass is 10.0. The van der Waals surface area contributed by atoms with Crippen molar-refractivity contribution in [1.82, 2.24) is 19.9 Å². The van der Waals surface area contributed by atoms with Gasteiger partial charge in [0.1, 0.15) is 5.56 Å². The van der Waals surface area contributed by atoms with E-state index in [0.717, 1.165) is 19.4 Å². The van der Waals surface area contributed by atoms with Gasteiger partial charge in [-0.2, -0.15) is 5.10 Å². The van der Waals surface area contributed by atoms with Gasteiger partial charge >= 0.3 is 5.97 Å². The summed E-state index contributed by atoms with van der Waals surface area (Å²) in [4.78, 5) is 15.5. The van der Waals surface area contributed by atoms with Crippen LogP contribution in [0.25, 0.3) is 5.65 Å². The lowest BCUT2D eigenvalue weighted by Gasteiger charge is -2.21. The third-order valence-corrected chi connectivity index (χ3v) is 3.48. The number of carboxylic acid groups (broad SMARTS) is 1. The summed E-state index contributed by atoms with van der Waals surface area (Å²) >= 11 is 0. The topological polar surface area (TPSA) is 79.5 Å². The number of rotatable bonds is 3. The Balaban J connectivity index is 1.88. The smallest absolute Gasteiger partial charge is 0.339 e. The number of hydrogen-bond donors (Lipinski definition) is 2. The second-order valence-corrected chi connectivity index (χ2v) is 4.87. The Hall–Kier alpha value is -1.95. The second-order valence-electron chi connectivity index (χ2n) is 4.87. The molecule has 1 fully saturated rings. The van der Waals surface area contributed by atoms with E-state index in [1.807, 2.05) is 0 Å². The number of fused-ring (bicyclic) bond motifs is 1. The molecule has 1 aliphatic rings. The van der Waals surface area contributed by atoms with E-state index in [0.29, 0.717) is 17.5 Å². The van der Waals surface area contributed by atoms with E-state index in [4.69, 9.17) is 5.11 Å². The first-order valence-electron chi connectivity index (χ1n) is 6.55. The highest BCUT2D eigenvalue weighted by molar-refractivity contribution is 5.94. The number of nitrogens with zero attached hydrogens (tertiary/aromatic N) is 3. The van der Waals surface area contributed by atoms with E-state index in [1.165, 1.54) is 12.8 Å². The Morgan fingerprint density at radius 3 is 3.16 bits per heavy atom. The number of aromatic carboxylic acids is 1. The number of aromatic nitrogens is 3. The Morgan fingerprint density at radius 1 is 1.53 bits per heavy atom. The molecule has 1 aliphatic heterocycles. The lowest BCUT2D eigenvalue weighted by Crippen LogP contribution is -2.35. The van der Waals surface area contributed by atoms with Crippen molar-refractivity contribution in [2.75, 3.05) is 6.54 Å². The Bertz CT molecular complexity index is 602. The zero-order valence-corrected chi connectivity index (χ0v) is 10.5. The molecular formula is C13H16N4O2. The fourth-order valence-corrected chi connectivity index (χ4v) is 2.52. The molecule has 0 bridgehead atoms. The second kappa shape index (κ2) is 4.97. The third kappa shape index (κ3) is 2.44. The van der Waals surface area contributed by atoms with Crippen LogP contribution in [-0.2, 0) is 6.42 Å². The van der Waals surface area contributed by atoms with Crippen LogP contribution >= 0.6 is 0 Å². The molecule has 0 saturated carbocycles. The monoisotopic (exact) mass is 260 g/mol. The Morgan fingerprint density at radius 2 is 2.42 bits per heavy atom. The van der Waals surface area contributed by atoms with Gasteiger partial charge in [-0.3, -0.25) is 0 Å². The minimum atomic E-state index is -0.972. The minimum Gasteiger partial charge on any atom is -0.478 e. The van der Waals surface area contributed by atoms with Crippen molar-refractivity contribution in [1.29, 1.82) is 0 Å². The van der Waals surface area contributed by atoms with E-state index in [1.54, 1.807) is 22.8 Å². The summed E-state index contributed by atoms with van der Waals surface area (Å²) in [6, 6.07) is 3.63. The number of piperidine rings is 1.